The number of nitrogens with zero attached hydrogens (tertiary/aromatic N) is 1. The average molecular weight is 209 g/mol. The second-order valence-electron chi connectivity index (χ2n) is 4.30. The van der Waals surface area contributed by atoms with E-state index in [4.69, 9.17) is 0 Å². The topological polar surface area (TPSA) is 40.7 Å². The second-order valence-corrected chi connectivity index (χ2v) is 4.30. The summed E-state index contributed by atoms with van der Waals surface area (Å²) in [6.45, 7) is 9.78. The molecular formula is C12H23N3. The highest BCUT2D eigenvalue weighted by atomic mass is 15.2. The number of hydrogen-bond donors (Lipinski definition) is 2. The van der Waals surface area contributed by atoms with Crippen molar-refractivity contribution < 1.29 is 0 Å². The first-order valence-electron chi connectivity index (χ1n) is 5.96. The van der Waals surface area contributed by atoms with Crippen LogP contribution in [0.3, 0.4) is 0 Å². The van der Waals surface area contributed by atoms with E-state index in [1.54, 1.807) is 0 Å². The van der Waals surface area contributed by atoms with E-state index in [1.807, 2.05) is 0 Å². The zero-order chi connectivity index (χ0) is 11.3. The molecule has 0 saturated heterocycles. The fourth-order valence-electron chi connectivity index (χ4n) is 1.82. The van der Waals surface area contributed by atoms with Gasteiger partial charge in [-0.2, -0.15) is 5.10 Å². The number of aryl methyl sites for hydroxylation is 1. The van der Waals surface area contributed by atoms with E-state index in [0.29, 0.717) is 0 Å². The van der Waals surface area contributed by atoms with Gasteiger partial charge in [0, 0.05) is 17.8 Å². The molecule has 0 amide bonds. The van der Waals surface area contributed by atoms with Crippen molar-refractivity contribution in [2.75, 3.05) is 11.9 Å². The molecule has 86 valence electrons. The monoisotopic (exact) mass is 209 g/mol. The van der Waals surface area contributed by atoms with Gasteiger partial charge in [-0.15, -0.1) is 0 Å². The molecule has 0 fully saturated rings. The third kappa shape index (κ3) is 3.26. The Balaban J connectivity index is 2.47. The van der Waals surface area contributed by atoms with Gasteiger partial charge in [-0.3, -0.25) is 5.10 Å². The second kappa shape index (κ2) is 5.79. The van der Waals surface area contributed by atoms with Crippen LogP contribution in [0.25, 0.3) is 0 Å². The smallest absolute Gasteiger partial charge is 0.150 e. The van der Waals surface area contributed by atoms with Crippen LogP contribution in [-0.4, -0.2) is 16.7 Å². The molecule has 1 rings (SSSR count). The number of hydrogen-bond acceptors (Lipinski definition) is 2. The van der Waals surface area contributed by atoms with Crippen LogP contribution in [0.4, 0.5) is 5.82 Å². The SMILES string of the molecule is CCCC(C)CNc1n[nH]c(CC)c1C. The van der Waals surface area contributed by atoms with E-state index in [2.05, 4.69) is 43.2 Å². The molecule has 1 aromatic heterocycles. The van der Waals surface area contributed by atoms with Crippen LogP contribution >= 0.6 is 0 Å². The maximum absolute atomic E-state index is 4.28. The first-order chi connectivity index (χ1) is 7.19. The highest BCUT2D eigenvalue weighted by molar-refractivity contribution is 5.45. The summed E-state index contributed by atoms with van der Waals surface area (Å²) in [6.07, 6.45) is 3.55. The van der Waals surface area contributed by atoms with Crippen LogP contribution in [-0.2, 0) is 6.42 Å². The summed E-state index contributed by atoms with van der Waals surface area (Å²) in [7, 11) is 0. The lowest BCUT2D eigenvalue weighted by atomic mass is 10.1. The molecule has 3 heteroatoms. The third-order valence-corrected chi connectivity index (χ3v) is 2.86. The molecule has 0 aliphatic rings. The zero-order valence-corrected chi connectivity index (χ0v) is 10.4. The van der Waals surface area contributed by atoms with Gasteiger partial charge < -0.3 is 5.32 Å². The zero-order valence-electron chi connectivity index (χ0n) is 10.4. The van der Waals surface area contributed by atoms with Gasteiger partial charge in [0.2, 0.25) is 0 Å². The minimum Gasteiger partial charge on any atom is -0.368 e. The quantitative estimate of drug-likeness (QED) is 0.755. The van der Waals surface area contributed by atoms with Gasteiger partial charge >= 0.3 is 0 Å². The lowest BCUT2D eigenvalue weighted by molar-refractivity contribution is 0.550. The van der Waals surface area contributed by atoms with Crippen molar-refractivity contribution in [2.45, 2.75) is 47.0 Å². The molecule has 15 heavy (non-hydrogen) atoms. The van der Waals surface area contributed by atoms with Gasteiger partial charge in [-0.25, -0.2) is 0 Å². The number of H-pyrrole nitrogens is 1. The fraction of sp³-hybridized carbons (Fsp3) is 0.750. The predicted octanol–water partition coefficient (Wildman–Crippen LogP) is 3.13. The molecule has 1 heterocycles. The van der Waals surface area contributed by atoms with Crippen LogP contribution in [0.5, 0.6) is 0 Å². The van der Waals surface area contributed by atoms with Crippen molar-refractivity contribution >= 4 is 5.82 Å². The van der Waals surface area contributed by atoms with Crippen LogP contribution in [0.15, 0.2) is 0 Å². The molecule has 0 radical (unpaired) electrons. The molecule has 3 nitrogen and oxygen atoms in total. The minimum absolute atomic E-state index is 0.719. The van der Waals surface area contributed by atoms with Crippen LogP contribution < -0.4 is 5.32 Å². The molecule has 0 saturated carbocycles. The summed E-state index contributed by atoms with van der Waals surface area (Å²) in [4.78, 5) is 0. The highest BCUT2D eigenvalue weighted by Gasteiger charge is 2.07. The molecule has 1 atom stereocenters. The van der Waals surface area contributed by atoms with Crippen LogP contribution in [0.2, 0.25) is 0 Å². The number of aromatic amines is 1. The fourth-order valence-corrected chi connectivity index (χ4v) is 1.82. The Labute approximate surface area is 92.7 Å². The van der Waals surface area contributed by atoms with Gasteiger partial charge in [0.25, 0.3) is 0 Å². The molecule has 0 bridgehead atoms. The van der Waals surface area contributed by atoms with Gasteiger partial charge in [0.15, 0.2) is 5.82 Å². The Morgan fingerprint density at radius 1 is 1.40 bits per heavy atom. The predicted molar refractivity (Wildman–Crippen MR) is 65.3 cm³/mol. The molecule has 0 spiro atoms. The summed E-state index contributed by atoms with van der Waals surface area (Å²) in [5.74, 6) is 1.74. The first kappa shape index (κ1) is 12.1. The Morgan fingerprint density at radius 2 is 2.13 bits per heavy atom. The Bertz CT molecular complexity index is 291. The van der Waals surface area contributed by atoms with Crippen molar-refractivity contribution in [3.8, 4) is 0 Å². The summed E-state index contributed by atoms with van der Waals surface area (Å²) < 4.78 is 0. The largest absolute Gasteiger partial charge is 0.368 e. The lowest BCUT2D eigenvalue weighted by Crippen LogP contribution is -2.11. The van der Waals surface area contributed by atoms with Crippen LogP contribution in [0.1, 0.15) is 44.9 Å². The van der Waals surface area contributed by atoms with Gasteiger partial charge in [0.1, 0.15) is 0 Å². The Morgan fingerprint density at radius 3 is 2.67 bits per heavy atom. The van der Waals surface area contributed by atoms with Crippen molar-refractivity contribution in [1.29, 1.82) is 0 Å². The Hall–Kier alpha value is -0.990. The molecule has 1 unspecified atom stereocenters. The number of anilines is 1. The Kier molecular flexibility index (Phi) is 4.66. The van der Waals surface area contributed by atoms with Crippen molar-refractivity contribution in [1.82, 2.24) is 10.2 Å². The summed E-state index contributed by atoms with van der Waals surface area (Å²) in [6, 6.07) is 0. The summed E-state index contributed by atoms with van der Waals surface area (Å²) in [5, 5.41) is 10.8. The standard InChI is InChI=1S/C12H23N3/c1-5-7-9(3)8-13-12-10(4)11(6-2)14-15-12/h9H,5-8H2,1-4H3,(H2,13,14,15). The summed E-state index contributed by atoms with van der Waals surface area (Å²) in [5.41, 5.74) is 2.50. The van der Waals surface area contributed by atoms with E-state index in [1.165, 1.54) is 24.1 Å². The number of nitrogens with one attached hydrogen (secondary N) is 2. The minimum atomic E-state index is 0.719. The van der Waals surface area contributed by atoms with Crippen molar-refractivity contribution in [3.05, 3.63) is 11.3 Å². The molecular weight excluding hydrogens is 186 g/mol. The average Bonchev–Trinajstić information content (AvgIpc) is 2.57. The van der Waals surface area contributed by atoms with Crippen molar-refractivity contribution in [3.63, 3.8) is 0 Å². The third-order valence-electron chi connectivity index (χ3n) is 2.86. The summed E-state index contributed by atoms with van der Waals surface area (Å²) >= 11 is 0. The first-order valence-corrected chi connectivity index (χ1v) is 5.96. The van der Waals surface area contributed by atoms with E-state index < -0.39 is 0 Å². The number of aromatic nitrogens is 2. The maximum Gasteiger partial charge on any atom is 0.150 e. The molecule has 1 aromatic rings. The van der Waals surface area contributed by atoms with Gasteiger partial charge in [0.05, 0.1) is 0 Å². The maximum atomic E-state index is 4.28. The number of rotatable bonds is 6. The highest BCUT2D eigenvalue weighted by Crippen LogP contribution is 2.16. The van der Waals surface area contributed by atoms with Crippen LogP contribution in [0, 0.1) is 12.8 Å². The molecule has 0 aromatic carbocycles. The molecule has 2 N–H and O–H groups in total. The van der Waals surface area contributed by atoms with E-state index in [0.717, 1.165) is 24.7 Å². The molecule has 0 aliphatic carbocycles. The van der Waals surface area contributed by atoms with Gasteiger partial charge in [-0.1, -0.05) is 27.2 Å². The lowest BCUT2D eigenvalue weighted by Gasteiger charge is -2.11. The van der Waals surface area contributed by atoms with E-state index >= 15 is 0 Å². The van der Waals surface area contributed by atoms with E-state index in [-0.39, 0.29) is 0 Å². The normalized spacial score (nSPS) is 12.8. The van der Waals surface area contributed by atoms with Crippen molar-refractivity contribution in [2.24, 2.45) is 5.92 Å². The molecule has 0 aliphatic heterocycles. The van der Waals surface area contributed by atoms with E-state index in [9.17, 15) is 0 Å². The van der Waals surface area contributed by atoms with Gasteiger partial charge in [-0.05, 0) is 25.7 Å².